The molecule has 0 saturated carbocycles. The highest BCUT2D eigenvalue weighted by Gasteiger charge is 2.11. The fraction of sp³-hybridized carbons (Fsp3) is 0.647. The summed E-state index contributed by atoms with van der Waals surface area (Å²) in [7, 11) is 0. The van der Waals surface area contributed by atoms with Crippen LogP contribution < -0.4 is 10.2 Å². The molecule has 3 nitrogen and oxygen atoms in total. The fourth-order valence-corrected chi connectivity index (χ4v) is 2.77. The number of hydrogen-bond donors (Lipinski definition) is 2. The summed E-state index contributed by atoms with van der Waals surface area (Å²) >= 11 is 0. The van der Waals surface area contributed by atoms with Crippen molar-refractivity contribution < 1.29 is 5.11 Å². The Kier molecular flexibility index (Phi) is 5.86. The van der Waals surface area contributed by atoms with Crippen molar-refractivity contribution >= 4 is 5.69 Å². The Labute approximate surface area is 123 Å². The average molecular weight is 276 g/mol. The van der Waals surface area contributed by atoms with Crippen LogP contribution in [0.3, 0.4) is 0 Å². The molecule has 1 fully saturated rings. The molecule has 1 aromatic carbocycles. The van der Waals surface area contributed by atoms with Gasteiger partial charge in [-0.05, 0) is 44.4 Å². The first-order valence-electron chi connectivity index (χ1n) is 7.93. The van der Waals surface area contributed by atoms with Crippen molar-refractivity contribution in [1.82, 2.24) is 5.32 Å². The lowest BCUT2D eigenvalue weighted by Crippen LogP contribution is -2.27. The maximum Gasteiger partial charge on any atom is 0.0636 e. The fourth-order valence-electron chi connectivity index (χ4n) is 2.77. The zero-order chi connectivity index (χ0) is 14.4. The van der Waals surface area contributed by atoms with E-state index in [0.717, 1.165) is 0 Å². The molecule has 0 radical (unpaired) electrons. The van der Waals surface area contributed by atoms with Crippen molar-refractivity contribution in [1.29, 1.82) is 0 Å². The third-order valence-corrected chi connectivity index (χ3v) is 4.08. The van der Waals surface area contributed by atoms with E-state index in [2.05, 4.69) is 41.4 Å². The second kappa shape index (κ2) is 7.65. The quantitative estimate of drug-likeness (QED) is 0.867. The second-order valence-electron chi connectivity index (χ2n) is 5.97. The Hall–Kier alpha value is -1.06. The number of anilines is 1. The zero-order valence-electron chi connectivity index (χ0n) is 12.8. The number of nitrogens with zero attached hydrogens (tertiary/aromatic N) is 1. The van der Waals surface area contributed by atoms with Gasteiger partial charge in [0.15, 0.2) is 0 Å². The van der Waals surface area contributed by atoms with Crippen molar-refractivity contribution in [2.45, 2.75) is 51.7 Å². The number of nitrogens with one attached hydrogen (secondary N) is 1. The molecule has 20 heavy (non-hydrogen) atoms. The van der Waals surface area contributed by atoms with E-state index in [1.54, 1.807) is 0 Å². The average Bonchev–Trinajstić information content (AvgIpc) is 2.74. The highest BCUT2D eigenvalue weighted by molar-refractivity contribution is 5.48. The molecule has 1 aliphatic heterocycles. The molecule has 2 N–H and O–H groups in total. The van der Waals surface area contributed by atoms with Crippen LogP contribution in [0, 0.1) is 0 Å². The molecule has 0 bridgehead atoms. The number of benzene rings is 1. The summed E-state index contributed by atoms with van der Waals surface area (Å²) in [6.45, 7) is 6.96. The van der Waals surface area contributed by atoms with E-state index in [1.165, 1.54) is 50.0 Å². The van der Waals surface area contributed by atoms with Gasteiger partial charge < -0.3 is 15.3 Å². The van der Waals surface area contributed by atoms with Crippen molar-refractivity contribution in [2.24, 2.45) is 0 Å². The SMILES string of the molecule is CC(O)CNC(C)c1ccc(N2CCCCCC2)cc1. The molecule has 1 saturated heterocycles. The summed E-state index contributed by atoms with van der Waals surface area (Å²) in [4.78, 5) is 2.50. The van der Waals surface area contributed by atoms with Crippen LogP contribution in [0.25, 0.3) is 0 Å². The Morgan fingerprint density at radius 2 is 1.65 bits per heavy atom. The van der Waals surface area contributed by atoms with Gasteiger partial charge in [-0.15, -0.1) is 0 Å². The standard InChI is InChI=1S/C17H28N2O/c1-14(20)13-18-15(2)16-7-9-17(10-8-16)19-11-5-3-4-6-12-19/h7-10,14-15,18,20H,3-6,11-13H2,1-2H3. The molecule has 2 rings (SSSR count). The molecule has 1 aliphatic rings. The molecule has 0 aliphatic carbocycles. The van der Waals surface area contributed by atoms with Gasteiger partial charge in [-0.25, -0.2) is 0 Å². The molecule has 1 heterocycles. The summed E-state index contributed by atoms with van der Waals surface area (Å²) in [6, 6.07) is 9.17. The summed E-state index contributed by atoms with van der Waals surface area (Å²) < 4.78 is 0. The van der Waals surface area contributed by atoms with E-state index in [-0.39, 0.29) is 12.1 Å². The molecule has 112 valence electrons. The molecule has 3 heteroatoms. The van der Waals surface area contributed by atoms with Gasteiger partial charge in [-0.1, -0.05) is 25.0 Å². The normalized spacial score (nSPS) is 19.4. The van der Waals surface area contributed by atoms with Crippen LogP contribution in [-0.2, 0) is 0 Å². The minimum Gasteiger partial charge on any atom is -0.392 e. The second-order valence-corrected chi connectivity index (χ2v) is 5.97. The summed E-state index contributed by atoms with van der Waals surface area (Å²) in [6.07, 6.45) is 5.07. The summed E-state index contributed by atoms with van der Waals surface area (Å²) in [5.74, 6) is 0. The van der Waals surface area contributed by atoms with Gasteiger partial charge in [0, 0.05) is 31.4 Å². The topological polar surface area (TPSA) is 35.5 Å². The Balaban J connectivity index is 1.94. The third-order valence-electron chi connectivity index (χ3n) is 4.08. The predicted molar refractivity (Wildman–Crippen MR) is 85.2 cm³/mol. The van der Waals surface area contributed by atoms with Crippen molar-refractivity contribution in [3.63, 3.8) is 0 Å². The van der Waals surface area contributed by atoms with Crippen LogP contribution in [0.5, 0.6) is 0 Å². The predicted octanol–water partition coefficient (Wildman–Crippen LogP) is 3.10. The van der Waals surface area contributed by atoms with Gasteiger partial charge in [-0.2, -0.15) is 0 Å². The Bertz CT molecular complexity index is 380. The molecule has 0 spiro atoms. The third kappa shape index (κ3) is 4.50. The smallest absolute Gasteiger partial charge is 0.0636 e. The Morgan fingerprint density at radius 3 is 2.20 bits per heavy atom. The van der Waals surface area contributed by atoms with Crippen LogP contribution >= 0.6 is 0 Å². The first-order valence-corrected chi connectivity index (χ1v) is 7.93. The van der Waals surface area contributed by atoms with Gasteiger partial charge in [0.25, 0.3) is 0 Å². The number of hydrogen-bond acceptors (Lipinski definition) is 3. The number of aliphatic hydroxyl groups excluding tert-OH is 1. The maximum atomic E-state index is 9.32. The first-order chi connectivity index (χ1) is 9.66. The van der Waals surface area contributed by atoms with E-state index in [0.29, 0.717) is 6.54 Å². The van der Waals surface area contributed by atoms with E-state index < -0.39 is 0 Å². The van der Waals surface area contributed by atoms with Gasteiger partial charge in [0.05, 0.1) is 6.10 Å². The van der Waals surface area contributed by atoms with Crippen molar-refractivity contribution in [3.05, 3.63) is 29.8 Å². The van der Waals surface area contributed by atoms with Crippen LogP contribution in [0.15, 0.2) is 24.3 Å². The lowest BCUT2D eigenvalue weighted by molar-refractivity contribution is 0.187. The van der Waals surface area contributed by atoms with E-state index >= 15 is 0 Å². The molecule has 2 unspecified atom stereocenters. The largest absolute Gasteiger partial charge is 0.392 e. The monoisotopic (exact) mass is 276 g/mol. The van der Waals surface area contributed by atoms with Gasteiger partial charge in [0.2, 0.25) is 0 Å². The van der Waals surface area contributed by atoms with Crippen LogP contribution in [-0.4, -0.2) is 30.8 Å². The van der Waals surface area contributed by atoms with Crippen molar-refractivity contribution in [3.8, 4) is 0 Å². The first kappa shape index (κ1) is 15.3. The zero-order valence-corrected chi connectivity index (χ0v) is 12.8. The maximum absolute atomic E-state index is 9.32. The van der Waals surface area contributed by atoms with E-state index in [4.69, 9.17) is 0 Å². The van der Waals surface area contributed by atoms with Gasteiger partial charge >= 0.3 is 0 Å². The molecule has 1 aromatic rings. The molecular formula is C17H28N2O. The molecule has 0 aromatic heterocycles. The number of aliphatic hydroxyl groups is 1. The van der Waals surface area contributed by atoms with E-state index in [9.17, 15) is 5.11 Å². The minimum absolute atomic E-state index is 0.280. The molecule has 2 atom stereocenters. The highest BCUT2D eigenvalue weighted by Crippen LogP contribution is 2.22. The summed E-state index contributed by atoms with van der Waals surface area (Å²) in [5, 5.41) is 12.7. The van der Waals surface area contributed by atoms with E-state index in [1.807, 2.05) is 6.92 Å². The molecule has 0 amide bonds. The number of rotatable bonds is 5. The highest BCUT2D eigenvalue weighted by atomic mass is 16.3. The molecular weight excluding hydrogens is 248 g/mol. The van der Waals surface area contributed by atoms with Crippen molar-refractivity contribution in [2.75, 3.05) is 24.5 Å². The van der Waals surface area contributed by atoms with Crippen LogP contribution in [0.4, 0.5) is 5.69 Å². The van der Waals surface area contributed by atoms with Crippen LogP contribution in [0.2, 0.25) is 0 Å². The van der Waals surface area contributed by atoms with Gasteiger partial charge in [-0.3, -0.25) is 0 Å². The minimum atomic E-state index is -0.297. The van der Waals surface area contributed by atoms with Crippen LogP contribution in [0.1, 0.15) is 51.1 Å². The lowest BCUT2D eigenvalue weighted by atomic mass is 10.1. The lowest BCUT2D eigenvalue weighted by Gasteiger charge is -2.23. The Morgan fingerprint density at radius 1 is 1.05 bits per heavy atom. The summed E-state index contributed by atoms with van der Waals surface area (Å²) in [5.41, 5.74) is 2.63. The van der Waals surface area contributed by atoms with Gasteiger partial charge in [0.1, 0.15) is 0 Å².